The number of aryl methyl sites for hydroxylation is 1. The molecule has 2 amide bonds. The molecule has 0 aliphatic rings. The summed E-state index contributed by atoms with van der Waals surface area (Å²) in [5, 5.41) is 16.1. The number of phenolic OH excluding ortho intramolecular Hbond substituents is 1. The molecule has 2 rings (SSSR count). The molecule has 7 nitrogen and oxygen atoms in total. The zero-order valence-corrected chi connectivity index (χ0v) is 17.5. The summed E-state index contributed by atoms with van der Waals surface area (Å²) in [7, 11) is 0. The average molecular weight is 499 g/mol. The Balaban J connectivity index is 1.75. The molecule has 0 bridgehead atoms. The van der Waals surface area contributed by atoms with E-state index in [1.165, 1.54) is 6.21 Å². The van der Waals surface area contributed by atoms with Gasteiger partial charge in [0.05, 0.1) is 17.2 Å². The van der Waals surface area contributed by atoms with Crippen LogP contribution in [0.1, 0.15) is 11.1 Å². The van der Waals surface area contributed by atoms with Gasteiger partial charge in [-0.15, -0.1) is 0 Å². The third-order valence-electron chi connectivity index (χ3n) is 3.26. The van der Waals surface area contributed by atoms with E-state index < -0.39 is 11.8 Å². The van der Waals surface area contributed by atoms with Crippen LogP contribution in [0.15, 0.2) is 50.4 Å². The van der Waals surface area contributed by atoms with Gasteiger partial charge < -0.3 is 15.2 Å². The summed E-state index contributed by atoms with van der Waals surface area (Å²) >= 11 is 6.50. The largest absolute Gasteiger partial charge is 0.506 e. The standard InChI is InChI=1S/C18H17Br2N3O4/c1-11-3-2-4-14(5-11)27-10-17(25)21-9-16(24)23-22-8-12-6-13(19)7-15(20)18(12)26/h2-8,26H,9-10H2,1H3,(H,21,25)(H,23,24). The molecule has 27 heavy (non-hydrogen) atoms. The number of ether oxygens (including phenoxy) is 1. The summed E-state index contributed by atoms with van der Waals surface area (Å²) in [5.41, 5.74) is 3.70. The minimum atomic E-state index is -0.510. The van der Waals surface area contributed by atoms with Crippen molar-refractivity contribution in [1.29, 1.82) is 0 Å². The predicted molar refractivity (Wildman–Crippen MR) is 109 cm³/mol. The lowest BCUT2D eigenvalue weighted by molar-refractivity contribution is -0.127. The van der Waals surface area contributed by atoms with Gasteiger partial charge in [-0.25, -0.2) is 5.43 Å². The molecular weight excluding hydrogens is 482 g/mol. The van der Waals surface area contributed by atoms with Crippen molar-refractivity contribution < 1.29 is 19.4 Å². The van der Waals surface area contributed by atoms with Gasteiger partial charge in [0.15, 0.2) is 6.61 Å². The number of hydrazone groups is 1. The number of amides is 2. The molecule has 0 radical (unpaired) electrons. The van der Waals surface area contributed by atoms with Crippen molar-refractivity contribution in [3.63, 3.8) is 0 Å². The quantitative estimate of drug-likeness (QED) is 0.403. The van der Waals surface area contributed by atoms with Crippen LogP contribution >= 0.6 is 31.9 Å². The Labute approximate surface area is 173 Å². The van der Waals surface area contributed by atoms with Crippen LogP contribution in [0.25, 0.3) is 0 Å². The normalized spacial score (nSPS) is 10.6. The molecule has 0 saturated heterocycles. The third kappa shape index (κ3) is 7.03. The number of halogens is 2. The Morgan fingerprint density at radius 3 is 2.74 bits per heavy atom. The molecule has 0 aromatic heterocycles. The van der Waals surface area contributed by atoms with Crippen molar-refractivity contribution in [3.05, 3.63) is 56.5 Å². The first-order chi connectivity index (χ1) is 12.8. The maximum Gasteiger partial charge on any atom is 0.259 e. The summed E-state index contributed by atoms with van der Waals surface area (Å²) in [6.07, 6.45) is 1.30. The van der Waals surface area contributed by atoms with Crippen LogP contribution in [0, 0.1) is 6.92 Å². The predicted octanol–water partition coefficient (Wildman–Crippen LogP) is 2.87. The van der Waals surface area contributed by atoms with Crippen molar-refractivity contribution in [1.82, 2.24) is 10.7 Å². The third-order valence-corrected chi connectivity index (χ3v) is 4.32. The molecule has 142 valence electrons. The molecule has 3 N–H and O–H groups in total. The van der Waals surface area contributed by atoms with E-state index >= 15 is 0 Å². The smallest absolute Gasteiger partial charge is 0.259 e. The maximum absolute atomic E-state index is 11.7. The maximum atomic E-state index is 11.7. The van der Waals surface area contributed by atoms with Crippen molar-refractivity contribution in [2.45, 2.75) is 6.92 Å². The first-order valence-electron chi connectivity index (χ1n) is 7.81. The SMILES string of the molecule is Cc1cccc(OCC(=O)NCC(=O)NN=Cc2cc(Br)cc(Br)c2O)c1. The highest BCUT2D eigenvalue weighted by Gasteiger charge is 2.07. The van der Waals surface area contributed by atoms with E-state index in [1.54, 1.807) is 18.2 Å². The van der Waals surface area contributed by atoms with E-state index in [2.05, 4.69) is 47.7 Å². The fourth-order valence-electron chi connectivity index (χ4n) is 1.98. The fraction of sp³-hybridized carbons (Fsp3) is 0.167. The Hall–Kier alpha value is -2.39. The van der Waals surface area contributed by atoms with Crippen LogP contribution in [0.5, 0.6) is 11.5 Å². The summed E-state index contributed by atoms with van der Waals surface area (Å²) in [6.45, 7) is 1.48. The minimum Gasteiger partial charge on any atom is -0.506 e. The Kier molecular flexibility index (Phi) is 7.81. The highest BCUT2D eigenvalue weighted by atomic mass is 79.9. The second-order valence-corrected chi connectivity index (χ2v) is 7.27. The molecule has 0 unspecified atom stereocenters. The molecule has 9 heteroatoms. The first-order valence-corrected chi connectivity index (χ1v) is 9.40. The summed E-state index contributed by atoms with van der Waals surface area (Å²) in [6, 6.07) is 10.6. The van der Waals surface area contributed by atoms with Crippen LogP contribution in [-0.2, 0) is 9.59 Å². The number of aromatic hydroxyl groups is 1. The number of benzene rings is 2. The zero-order chi connectivity index (χ0) is 19.8. The summed E-state index contributed by atoms with van der Waals surface area (Å²) in [4.78, 5) is 23.4. The lowest BCUT2D eigenvalue weighted by Gasteiger charge is -2.07. The van der Waals surface area contributed by atoms with Gasteiger partial charge in [0.25, 0.3) is 11.8 Å². The molecule has 0 aliphatic carbocycles. The van der Waals surface area contributed by atoms with Gasteiger partial charge in [-0.2, -0.15) is 5.10 Å². The number of rotatable bonds is 7. The van der Waals surface area contributed by atoms with Crippen LogP contribution in [-0.4, -0.2) is 36.3 Å². The lowest BCUT2D eigenvalue weighted by Crippen LogP contribution is -2.37. The minimum absolute atomic E-state index is 0.00204. The molecule has 2 aromatic rings. The highest BCUT2D eigenvalue weighted by molar-refractivity contribution is 9.11. The number of hydrogen-bond acceptors (Lipinski definition) is 5. The summed E-state index contributed by atoms with van der Waals surface area (Å²) < 4.78 is 6.57. The summed E-state index contributed by atoms with van der Waals surface area (Å²) in [5.74, 6) is -0.357. The number of hydrogen-bond donors (Lipinski definition) is 3. The number of nitrogens with zero attached hydrogens (tertiary/aromatic N) is 1. The topological polar surface area (TPSA) is 100 Å². The number of carbonyl (C=O) groups excluding carboxylic acids is 2. The highest BCUT2D eigenvalue weighted by Crippen LogP contribution is 2.30. The molecule has 0 fully saturated rings. The van der Waals surface area contributed by atoms with Gasteiger partial charge in [0, 0.05) is 10.0 Å². The van der Waals surface area contributed by atoms with E-state index in [0.717, 1.165) is 10.0 Å². The van der Waals surface area contributed by atoms with Crippen molar-refractivity contribution in [2.24, 2.45) is 5.10 Å². The van der Waals surface area contributed by atoms with Crippen LogP contribution in [0.2, 0.25) is 0 Å². The van der Waals surface area contributed by atoms with Crippen LogP contribution in [0.4, 0.5) is 0 Å². The monoisotopic (exact) mass is 497 g/mol. The Morgan fingerprint density at radius 1 is 1.22 bits per heavy atom. The fourth-order valence-corrected chi connectivity index (χ4v) is 3.24. The van der Waals surface area contributed by atoms with Crippen molar-refractivity contribution >= 4 is 49.9 Å². The average Bonchev–Trinajstić information content (AvgIpc) is 2.62. The van der Waals surface area contributed by atoms with E-state index in [4.69, 9.17) is 4.74 Å². The molecule has 0 aliphatic heterocycles. The van der Waals surface area contributed by atoms with Gasteiger partial charge in [-0.1, -0.05) is 28.1 Å². The van der Waals surface area contributed by atoms with Crippen LogP contribution in [0.3, 0.4) is 0 Å². The van der Waals surface area contributed by atoms with Crippen molar-refractivity contribution in [2.75, 3.05) is 13.2 Å². The van der Waals surface area contributed by atoms with Gasteiger partial charge in [-0.05, 0) is 52.7 Å². The van der Waals surface area contributed by atoms with Gasteiger partial charge in [-0.3, -0.25) is 9.59 Å². The van der Waals surface area contributed by atoms with E-state index in [1.807, 2.05) is 25.1 Å². The van der Waals surface area contributed by atoms with Gasteiger partial charge >= 0.3 is 0 Å². The van der Waals surface area contributed by atoms with E-state index in [9.17, 15) is 14.7 Å². The van der Waals surface area contributed by atoms with Gasteiger partial charge in [0.2, 0.25) is 0 Å². The molecular formula is C18H17Br2N3O4. The number of phenols is 1. The zero-order valence-electron chi connectivity index (χ0n) is 14.3. The van der Waals surface area contributed by atoms with E-state index in [-0.39, 0.29) is 18.9 Å². The molecule has 0 saturated carbocycles. The van der Waals surface area contributed by atoms with E-state index in [0.29, 0.717) is 15.8 Å². The number of nitrogens with one attached hydrogen (secondary N) is 2. The Bertz CT molecular complexity index is 872. The molecule has 0 atom stereocenters. The second-order valence-electron chi connectivity index (χ2n) is 5.50. The van der Waals surface area contributed by atoms with Gasteiger partial charge in [0.1, 0.15) is 11.5 Å². The molecule has 0 heterocycles. The lowest BCUT2D eigenvalue weighted by atomic mass is 10.2. The van der Waals surface area contributed by atoms with Crippen molar-refractivity contribution in [3.8, 4) is 11.5 Å². The first kappa shape index (κ1) is 20.9. The molecule has 0 spiro atoms. The van der Waals surface area contributed by atoms with Crippen LogP contribution < -0.4 is 15.5 Å². The number of carbonyl (C=O) groups is 2. The second kappa shape index (κ2) is 10.1. The molecule has 2 aromatic carbocycles. The Morgan fingerprint density at radius 2 is 2.00 bits per heavy atom.